The molecule has 204 valence electrons. The lowest BCUT2D eigenvalue weighted by atomic mass is 9.77. The highest BCUT2D eigenvalue weighted by atomic mass is 16.5. The predicted molar refractivity (Wildman–Crippen MR) is 169 cm³/mol. The molecule has 2 aliphatic heterocycles. The minimum Gasteiger partial charge on any atom is -0.490 e. The molecule has 1 aromatic heterocycles. The topological polar surface area (TPSA) is 25.4 Å². The second-order valence-corrected chi connectivity index (χ2v) is 12.4. The van der Waals surface area contributed by atoms with Crippen LogP contribution in [0.2, 0.25) is 0 Å². The molecule has 5 aliphatic rings. The largest absolute Gasteiger partial charge is 0.490 e. The summed E-state index contributed by atoms with van der Waals surface area (Å²) in [6, 6.07) is 22.5. The van der Waals surface area contributed by atoms with E-state index in [0.29, 0.717) is 11.8 Å². The highest BCUT2D eigenvalue weighted by molar-refractivity contribution is 5.90. The highest BCUT2D eigenvalue weighted by Crippen LogP contribution is 2.51. The maximum Gasteiger partial charge on any atom is 0.121 e. The van der Waals surface area contributed by atoms with Crippen molar-refractivity contribution in [1.29, 1.82) is 0 Å². The van der Waals surface area contributed by atoms with Crippen LogP contribution in [0.3, 0.4) is 0 Å². The lowest BCUT2D eigenvalue weighted by Gasteiger charge is -2.38. The van der Waals surface area contributed by atoms with Gasteiger partial charge in [0, 0.05) is 34.3 Å². The summed E-state index contributed by atoms with van der Waals surface area (Å²) in [4.78, 5) is 7.67. The van der Waals surface area contributed by atoms with Crippen molar-refractivity contribution in [3.8, 4) is 11.3 Å². The standard InChI is InChI=1S/C38H36N2O/c1-23-15-17-34-27(19-23)16-18-35(39-34)26-9-8-10-28(20-26)40-36-14-7-6-13-31(36)29-11-4-5-12-30(29)33-21-32-24(2)25(3)41-38(32)22-37(33)40/h4,6-11,13-18,20-25,33,37H,5,12,19H2,1-3H3/t23-,24?,25?,33?,37-/m0/s1. The molecular formula is C38H36N2O. The van der Waals surface area contributed by atoms with Crippen molar-refractivity contribution >= 4 is 23.0 Å². The van der Waals surface area contributed by atoms with Gasteiger partial charge in [-0.15, -0.1) is 0 Å². The number of aromatic nitrogens is 1. The molecule has 0 spiro atoms. The lowest BCUT2D eigenvalue weighted by molar-refractivity contribution is 0.152. The van der Waals surface area contributed by atoms with E-state index in [9.17, 15) is 0 Å². The normalized spacial score (nSPS) is 27.5. The molecule has 2 aromatic carbocycles. The van der Waals surface area contributed by atoms with Gasteiger partial charge in [-0.05, 0) is 85.2 Å². The van der Waals surface area contributed by atoms with E-state index < -0.39 is 0 Å². The van der Waals surface area contributed by atoms with Crippen LogP contribution in [0, 0.1) is 17.8 Å². The molecule has 3 heterocycles. The summed E-state index contributed by atoms with van der Waals surface area (Å²) in [6.07, 6.45) is 17.6. The molecule has 3 aromatic rings. The van der Waals surface area contributed by atoms with Gasteiger partial charge in [-0.3, -0.25) is 0 Å². The van der Waals surface area contributed by atoms with E-state index >= 15 is 0 Å². The van der Waals surface area contributed by atoms with Gasteiger partial charge in [0.1, 0.15) is 11.9 Å². The zero-order valence-corrected chi connectivity index (χ0v) is 24.0. The zero-order valence-electron chi connectivity index (χ0n) is 24.0. The van der Waals surface area contributed by atoms with Crippen molar-refractivity contribution in [2.24, 2.45) is 17.8 Å². The van der Waals surface area contributed by atoms with Gasteiger partial charge < -0.3 is 9.64 Å². The van der Waals surface area contributed by atoms with Crippen LogP contribution in [0.4, 0.5) is 11.4 Å². The van der Waals surface area contributed by atoms with E-state index in [1.165, 1.54) is 33.6 Å². The van der Waals surface area contributed by atoms with E-state index in [0.717, 1.165) is 42.0 Å². The summed E-state index contributed by atoms with van der Waals surface area (Å²) in [5.74, 6) is 2.32. The van der Waals surface area contributed by atoms with Crippen LogP contribution in [0.5, 0.6) is 0 Å². The molecule has 3 nitrogen and oxygen atoms in total. The summed E-state index contributed by atoms with van der Waals surface area (Å²) in [7, 11) is 0. The van der Waals surface area contributed by atoms with Crippen molar-refractivity contribution in [3.63, 3.8) is 0 Å². The molecule has 41 heavy (non-hydrogen) atoms. The van der Waals surface area contributed by atoms with Crippen LogP contribution >= 0.6 is 0 Å². The van der Waals surface area contributed by atoms with Crippen molar-refractivity contribution in [3.05, 3.63) is 125 Å². The second kappa shape index (κ2) is 9.48. The van der Waals surface area contributed by atoms with E-state index in [1.54, 1.807) is 5.57 Å². The first-order chi connectivity index (χ1) is 20.0. The molecule has 0 amide bonds. The fourth-order valence-electron chi connectivity index (χ4n) is 7.45. The van der Waals surface area contributed by atoms with Gasteiger partial charge in [-0.1, -0.05) is 80.1 Å². The number of nitrogens with zero attached hydrogens (tertiary/aromatic N) is 2. The number of benzene rings is 2. The van der Waals surface area contributed by atoms with Crippen LogP contribution in [0.25, 0.3) is 22.9 Å². The average molecular weight is 537 g/mol. The average Bonchev–Trinajstić information content (AvgIpc) is 3.21. The molecule has 5 atom stereocenters. The number of para-hydroxylation sites is 1. The number of rotatable bonds is 2. The number of fused-ring (bicyclic) bond motifs is 6. The first-order valence-corrected chi connectivity index (χ1v) is 15.2. The molecule has 3 heteroatoms. The third kappa shape index (κ3) is 3.97. The Hall–Kier alpha value is -4.11. The van der Waals surface area contributed by atoms with Gasteiger partial charge in [-0.25, -0.2) is 4.98 Å². The molecule has 0 radical (unpaired) electrons. The number of pyridine rings is 1. The molecule has 3 aliphatic carbocycles. The minimum atomic E-state index is 0.127. The predicted octanol–water partition coefficient (Wildman–Crippen LogP) is 9.07. The Kier molecular flexibility index (Phi) is 5.70. The Bertz CT molecular complexity index is 1720. The fourth-order valence-corrected chi connectivity index (χ4v) is 7.45. The van der Waals surface area contributed by atoms with Crippen LogP contribution in [0.1, 0.15) is 50.4 Å². The molecule has 1 saturated heterocycles. The second-order valence-electron chi connectivity index (χ2n) is 12.4. The molecule has 1 fully saturated rings. The smallest absolute Gasteiger partial charge is 0.121 e. The van der Waals surface area contributed by atoms with Crippen molar-refractivity contribution in [1.82, 2.24) is 4.98 Å². The van der Waals surface area contributed by atoms with Crippen LogP contribution in [-0.2, 0) is 11.2 Å². The number of allylic oxidation sites excluding steroid dienone is 5. The Morgan fingerprint density at radius 1 is 0.927 bits per heavy atom. The van der Waals surface area contributed by atoms with Crippen molar-refractivity contribution in [2.75, 3.05) is 4.90 Å². The number of anilines is 2. The summed E-state index contributed by atoms with van der Waals surface area (Å²) in [6.45, 7) is 6.77. The van der Waals surface area contributed by atoms with Crippen LogP contribution < -0.4 is 4.90 Å². The third-order valence-electron chi connectivity index (χ3n) is 9.76. The Balaban J connectivity index is 1.29. The monoisotopic (exact) mass is 536 g/mol. The summed E-state index contributed by atoms with van der Waals surface area (Å²) in [5.41, 5.74) is 12.7. The minimum absolute atomic E-state index is 0.127. The zero-order chi connectivity index (χ0) is 27.7. The molecule has 3 unspecified atom stereocenters. The molecule has 0 N–H and O–H groups in total. The molecule has 8 rings (SSSR count). The molecule has 0 saturated carbocycles. The van der Waals surface area contributed by atoms with E-state index in [-0.39, 0.29) is 18.1 Å². The number of hydrogen-bond acceptors (Lipinski definition) is 3. The maximum atomic E-state index is 6.45. The van der Waals surface area contributed by atoms with Gasteiger partial charge >= 0.3 is 0 Å². The highest BCUT2D eigenvalue weighted by Gasteiger charge is 2.42. The van der Waals surface area contributed by atoms with Crippen LogP contribution in [-0.4, -0.2) is 17.1 Å². The fraction of sp³-hybridized carbons (Fsp3) is 0.289. The number of ether oxygens (including phenoxy) is 1. The maximum absolute atomic E-state index is 6.45. The van der Waals surface area contributed by atoms with Gasteiger partial charge in [0.05, 0.1) is 17.4 Å². The van der Waals surface area contributed by atoms with Crippen LogP contribution in [0.15, 0.2) is 108 Å². The first kappa shape index (κ1) is 24.7. The summed E-state index contributed by atoms with van der Waals surface area (Å²) >= 11 is 0. The van der Waals surface area contributed by atoms with E-state index in [4.69, 9.17) is 9.72 Å². The van der Waals surface area contributed by atoms with E-state index in [1.807, 2.05) is 0 Å². The Labute approximate surface area is 243 Å². The number of hydrogen-bond donors (Lipinski definition) is 0. The molecular weight excluding hydrogens is 500 g/mol. The van der Waals surface area contributed by atoms with Gasteiger partial charge in [0.15, 0.2) is 0 Å². The van der Waals surface area contributed by atoms with Gasteiger partial charge in [0.2, 0.25) is 0 Å². The lowest BCUT2D eigenvalue weighted by Crippen LogP contribution is -2.38. The summed E-state index contributed by atoms with van der Waals surface area (Å²) < 4.78 is 6.45. The van der Waals surface area contributed by atoms with Crippen molar-refractivity contribution in [2.45, 2.75) is 52.2 Å². The first-order valence-electron chi connectivity index (χ1n) is 15.2. The quantitative estimate of drug-likeness (QED) is 0.327. The van der Waals surface area contributed by atoms with Gasteiger partial charge in [-0.2, -0.15) is 0 Å². The van der Waals surface area contributed by atoms with E-state index in [2.05, 4.69) is 123 Å². The van der Waals surface area contributed by atoms with Crippen molar-refractivity contribution < 1.29 is 4.74 Å². The third-order valence-corrected chi connectivity index (χ3v) is 9.76. The molecule has 0 bridgehead atoms. The van der Waals surface area contributed by atoms with Gasteiger partial charge in [0.25, 0.3) is 0 Å². The summed E-state index contributed by atoms with van der Waals surface area (Å²) in [5, 5.41) is 0. The Morgan fingerprint density at radius 3 is 2.76 bits per heavy atom. The SMILES string of the molecule is CC1OC2=C[C@H]3C(C=C2C1C)C1=C(C=CCC1)c1ccccc1N3c1cccc(-c2ccc3c(n2)C=C[C@H](C)C3)c1. The Morgan fingerprint density at radius 2 is 1.83 bits per heavy atom.